The van der Waals surface area contributed by atoms with Crippen molar-refractivity contribution in [3.05, 3.63) is 65.2 Å². The van der Waals surface area contributed by atoms with Gasteiger partial charge in [0.05, 0.1) is 6.54 Å². The van der Waals surface area contributed by atoms with Crippen LogP contribution in [0.25, 0.3) is 0 Å². The van der Waals surface area contributed by atoms with Crippen LogP contribution in [0.15, 0.2) is 48.5 Å². The first-order chi connectivity index (χ1) is 10.8. The Labute approximate surface area is 130 Å². The van der Waals surface area contributed by atoms with Gasteiger partial charge in [-0.05, 0) is 29.2 Å². The zero-order valence-corrected chi connectivity index (χ0v) is 12.7. The molecular formula is C18H20N2O2. The summed E-state index contributed by atoms with van der Waals surface area (Å²) < 4.78 is 0. The fourth-order valence-corrected chi connectivity index (χ4v) is 2.58. The van der Waals surface area contributed by atoms with Crippen LogP contribution >= 0.6 is 0 Å². The molecule has 0 unspecified atom stereocenters. The molecule has 0 bridgehead atoms. The lowest BCUT2D eigenvalue weighted by Crippen LogP contribution is -2.38. The molecule has 0 atom stereocenters. The molecule has 1 aliphatic rings. The lowest BCUT2D eigenvalue weighted by atomic mass is 10.0. The van der Waals surface area contributed by atoms with Gasteiger partial charge in [0, 0.05) is 5.69 Å². The van der Waals surface area contributed by atoms with Gasteiger partial charge in [0.1, 0.15) is 6.61 Å². The summed E-state index contributed by atoms with van der Waals surface area (Å²) in [5.74, 6) is 0. The molecule has 4 nitrogen and oxygen atoms in total. The third kappa shape index (κ3) is 3.28. The summed E-state index contributed by atoms with van der Waals surface area (Å²) >= 11 is 0. The Balaban J connectivity index is 1.69. The van der Waals surface area contributed by atoms with Crippen LogP contribution in [0.2, 0.25) is 0 Å². The summed E-state index contributed by atoms with van der Waals surface area (Å²) in [6.45, 7) is 3.03. The highest BCUT2D eigenvalue weighted by molar-refractivity contribution is 5.91. The molecule has 2 amide bonds. The highest BCUT2D eigenvalue weighted by atomic mass is 16.7. The van der Waals surface area contributed by atoms with Crippen molar-refractivity contribution in [2.24, 2.45) is 0 Å². The molecule has 0 spiro atoms. The Morgan fingerprint density at radius 1 is 1.14 bits per heavy atom. The number of fused-ring (bicyclic) bond motifs is 1. The topological polar surface area (TPSA) is 41.6 Å². The molecule has 1 heterocycles. The minimum atomic E-state index is -0.216. The lowest BCUT2D eigenvalue weighted by Gasteiger charge is -2.28. The molecule has 0 saturated heterocycles. The van der Waals surface area contributed by atoms with E-state index >= 15 is 0 Å². The van der Waals surface area contributed by atoms with Gasteiger partial charge in [-0.3, -0.25) is 4.84 Å². The number of benzene rings is 2. The normalized spacial score (nSPS) is 13.7. The van der Waals surface area contributed by atoms with E-state index in [0.29, 0.717) is 13.2 Å². The number of anilines is 1. The standard InChI is InChI=1S/C18H20N2O2/c1-2-6-14-9-10-17-16(11-14)12-20(18(21)19-17)22-13-15-7-4-3-5-8-15/h3-5,7-11H,2,6,12-13H2,1H3,(H,19,21). The Bertz CT molecular complexity index is 655. The van der Waals surface area contributed by atoms with Crippen molar-refractivity contribution in [3.8, 4) is 0 Å². The van der Waals surface area contributed by atoms with Crippen LogP contribution in [0.1, 0.15) is 30.0 Å². The minimum Gasteiger partial charge on any atom is -0.306 e. The van der Waals surface area contributed by atoms with Gasteiger partial charge in [-0.1, -0.05) is 55.8 Å². The van der Waals surface area contributed by atoms with Gasteiger partial charge in [-0.15, -0.1) is 0 Å². The van der Waals surface area contributed by atoms with Gasteiger partial charge in [-0.25, -0.2) is 4.79 Å². The zero-order valence-electron chi connectivity index (χ0n) is 12.7. The number of amides is 2. The fourth-order valence-electron chi connectivity index (χ4n) is 2.58. The van der Waals surface area contributed by atoms with E-state index in [0.717, 1.165) is 29.7 Å². The van der Waals surface area contributed by atoms with Crippen LogP contribution in [-0.4, -0.2) is 11.1 Å². The van der Waals surface area contributed by atoms with Gasteiger partial charge in [0.25, 0.3) is 0 Å². The average molecular weight is 296 g/mol. The molecule has 0 radical (unpaired) electrons. The highest BCUT2D eigenvalue weighted by Crippen LogP contribution is 2.25. The number of carbonyl (C=O) groups is 1. The molecule has 2 aromatic carbocycles. The third-order valence-corrected chi connectivity index (χ3v) is 3.72. The second kappa shape index (κ2) is 6.62. The number of rotatable bonds is 5. The highest BCUT2D eigenvalue weighted by Gasteiger charge is 2.23. The summed E-state index contributed by atoms with van der Waals surface area (Å²) in [4.78, 5) is 17.7. The molecular weight excluding hydrogens is 276 g/mol. The maximum absolute atomic E-state index is 12.1. The molecule has 22 heavy (non-hydrogen) atoms. The molecule has 0 fully saturated rings. The van der Waals surface area contributed by atoms with E-state index in [1.807, 2.05) is 36.4 Å². The molecule has 2 aromatic rings. The van der Waals surface area contributed by atoms with Gasteiger partial charge >= 0.3 is 6.03 Å². The quantitative estimate of drug-likeness (QED) is 0.901. The molecule has 114 valence electrons. The van der Waals surface area contributed by atoms with Gasteiger partial charge in [-0.2, -0.15) is 5.06 Å². The van der Waals surface area contributed by atoms with Crippen LogP contribution in [-0.2, 0) is 24.4 Å². The van der Waals surface area contributed by atoms with Gasteiger partial charge in [0.2, 0.25) is 0 Å². The summed E-state index contributed by atoms with van der Waals surface area (Å²) in [5, 5.41) is 4.27. The van der Waals surface area contributed by atoms with Crippen LogP contribution in [0.5, 0.6) is 0 Å². The van der Waals surface area contributed by atoms with Crippen LogP contribution in [0.4, 0.5) is 10.5 Å². The van der Waals surface area contributed by atoms with Crippen molar-refractivity contribution >= 4 is 11.7 Å². The second-order valence-corrected chi connectivity index (χ2v) is 5.47. The predicted molar refractivity (Wildman–Crippen MR) is 86.2 cm³/mol. The van der Waals surface area contributed by atoms with Crippen LogP contribution in [0.3, 0.4) is 0 Å². The number of nitrogens with zero attached hydrogens (tertiary/aromatic N) is 1. The summed E-state index contributed by atoms with van der Waals surface area (Å²) in [6.07, 6.45) is 2.16. The van der Waals surface area contributed by atoms with Crippen molar-refractivity contribution in [1.29, 1.82) is 0 Å². The zero-order chi connectivity index (χ0) is 15.4. The number of hydroxylamine groups is 2. The first kappa shape index (κ1) is 14.6. The average Bonchev–Trinajstić information content (AvgIpc) is 2.54. The third-order valence-electron chi connectivity index (χ3n) is 3.72. The summed E-state index contributed by atoms with van der Waals surface area (Å²) in [5.41, 5.74) is 4.31. The maximum atomic E-state index is 12.1. The van der Waals surface area contributed by atoms with Crippen molar-refractivity contribution < 1.29 is 9.63 Å². The first-order valence-electron chi connectivity index (χ1n) is 7.63. The number of carbonyl (C=O) groups excluding carboxylic acids is 1. The Hall–Kier alpha value is -2.33. The van der Waals surface area contributed by atoms with E-state index < -0.39 is 0 Å². The Morgan fingerprint density at radius 2 is 1.95 bits per heavy atom. The smallest absolute Gasteiger partial charge is 0.306 e. The van der Waals surface area contributed by atoms with E-state index in [2.05, 4.69) is 24.4 Å². The van der Waals surface area contributed by atoms with Gasteiger partial charge in [0.15, 0.2) is 0 Å². The molecule has 1 N–H and O–H groups in total. The van der Waals surface area contributed by atoms with Crippen molar-refractivity contribution in [2.45, 2.75) is 32.9 Å². The number of hydrogen-bond donors (Lipinski definition) is 1. The molecule has 0 aromatic heterocycles. The first-order valence-corrected chi connectivity index (χ1v) is 7.63. The molecule has 0 saturated carbocycles. The fraction of sp³-hybridized carbons (Fsp3) is 0.278. The van der Waals surface area contributed by atoms with Crippen LogP contribution in [0, 0.1) is 0 Å². The second-order valence-electron chi connectivity index (χ2n) is 5.47. The molecule has 0 aliphatic carbocycles. The maximum Gasteiger partial charge on any atom is 0.346 e. The van der Waals surface area contributed by atoms with E-state index in [9.17, 15) is 4.79 Å². The minimum absolute atomic E-state index is 0.216. The predicted octanol–water partition coefficient (Wildman–Crippen LogP) is 4.12. The monoisotopic (exact) mass is 296 g/mol. The summed E-state index contributed by atoms with van der Waals surface area (Å²) in [7, 11) is 0. The van der Waals surface area contributed by atoms with E-state index in [1.54, 1.807) is 0 Å². The van der Waals surface area contributed by atoms with Crippen molar-refractivity contribution in [1.82, 2.24) is 5.06 Å². The van der Waals surface area contributed by atoms with Crippen molar-refractivity contribution in [3.63, 3.8) is 0 Å². The number of aryl methyl sites for hydroxylation is 1. The van der Waals surface area contributed by atoms with E-state index in [1.165, 1.54) is 10.6 Å². The van der Waals surface area contributed by atoms with E-state index in [4.69, 9.17) is 4.84 Å². The van der Waals surface area contributed by atoms with E-state index in [-0.39, 0.29) is 6.03 Å². The Morgan fingerprint density at radius 3 is 2.73 bits per heavy atom. The molecule has 4 heteroatoms. The molecule has 3 rings (SSSR count). The van der Waals surface area contributed by atoms with Crippen molar-refractivity contribution in [2.75, 3.05) is 5.32 Å². The lowest BCUT2D eigenvalue weighted by molar-refractivity contribution is -0.132. The SMILES string of the molecule is CCCc1ccc2c(c1)CN(OCc1ccccc1)C(=O)N2. The van der Waals surface area contributed by atoms with Gasteiger partial charge < -0.3 is 5.32 Å². The summed E-state index contributed by atoms with van der Waals surface area (Å²) in [6, 6.07) is 15.8. The molecule has 1 aliphatic heterocycles. The van der Waals surface area contributed by atoms with Crippen LogP contribution < -0.4 is 5.32 Å². The number of hydrogen-bond acceptors (Lipinski definition) is 2. The number of nitrogens with one attached hydrogen (secondary N) is 1. The largest absolute Gasteiger partial charge is 0.346 e. The Kier molecular flexibility index (Phi) is 4.39. The number of urea groups is 1.